The van der Waals surface area contributed by atoms with Crippen molar-refractivity contribution in [3.63, 3.8) is 0 Å². The lowest BCUT2D eigenvalue weighted by Crippen LogP contribution is -2.31. The van der Waals surface area contributed by atoms with E-state index >= 15 is 0 Å². The van der Waals surface area contributed by atoms with Gasteiger partial charge in [-0.2, -0.15) is 0 Å². The highest BCUT2D eigenvalue weighted by Gasteiger charge is 2.32. The number of nitrogens with one attached hydrogen (secondary N) is 2. The summed E-state index contributed by atoms with van der Waals surface area (Å²) in [5, 5.41) is 2.38. The number of anilines is 1. The van der Waals surface area contributed by atoms with Gasteiger partial charge in [0.05, 0.1) is 5.92 Å². The minimum atomic E-state index is -1.60. The van der Waals surface area contributed by atoms with Crippen LogP contribution in [-0.2, 0) is 4.79 Å². The van der Waals surface area contributed by atoms with Gasteiger partial charge in [-0.3, -0.25) is 9.59 Å². The van der Waals surface area contributed by atoms with Crippen LogP contribution < -0.4 is 5.32 Å². The highest BCUT2D eigenvalue weighted by atomic mass is 19.2. The molecule has 0 unspecified atom stereocenters. The van der Waals surface area contributed by atoms with Crippen molar-refractivity contribution < 1.29 is 22.8 Å². The quantitative estimate of drug-likeness (QED) is 0.623. The molecule has 0 spiro atoms. The van der Waals surface area contributed by atoms with Crippen molar-refractivity contribution in [3.8, 4) is 11.3 Å². The van der Waals surface area contributed by atoms with Crippen LogP contribution in [0.2, 0.25) is 0 Å². The van der Waals surface area contributed by atoms with Gasteiger partial charge in [0, 0.05) is 54.6 Å². The number of H-pyrrole nitrogens is 1. The number of benzene rings is 1. The molecule has 3 heterocycles. The van der Waals surface area contributed by atoms with Crippen molar-refractivity contribution >= 4 is 17.5 Å². The Kier molecular flexibility index (Phi) is 5.45. The van der Waals surface area contributed by atoms with E-state index < -0.39 is 29.3 Å². The van der Waals surface area contributed by atoms with Crippen molar-refractivity contribution in [1.29, 1.82) is 0 Å². The first kappa shape index (κ1) is 20.6. The van der Waals surface area contributed by atoms with Crippen LogP contribution in [0.1, 0.15) is 22.7 Å². The summed E-state index contributed by atoms with van der Waals surface area (Å²) >= 11 is 0. The topological polar surface area (TPSA) is 91.0 Å². The summed E-state index contributed by atoms with van der Waals surface area (Å²) in [4.78, 5) is 38.0. The number of hydrogen-bond donors (Lipinski definition) is 2. The molecule has 2 aromatic heterocycles. The molecule has 3 aromatic rings. The Morgan fingerprint density at radius 3 is 2.48 bits per heavy atom. The van der Waals surface area contributed by atoms with E-state index in [1.165, 1.54) is 4.90 Å². The zero-order chi connectivity index (χ0) is 22.1. The first-order valence-electron chi connectivity index (χ1n) is 9.54. The zero-order valence-corrected chi connectivity index (χ0v) is 16.5. The average Bonchev–Trinajstić information content (AvgIpc) is 3.42. The summed E-state index contributed by atoms with van der Waals surface area (Å²) in [6, 6.07) is 4.82. The summed E-state index contributed by atoms with van der Waals surface area (Å²) in [6.07, 6.45) is 3.70. The number of carbonyl (C=O) groups excluding carboxylic acids is 2. The van der Waals surface area contributed by atoms with Crippen molar-refractivity contribution in [1.82, 2.24) is 19.9 Å². The summed E-state index contributed by atoms with van der Waals surface area (Å²) in [5.41, 5.74) is 1.61. The number of aromatic amines is 1. The Morgan fingerprint density at radius 1 is 1.13 bits per heavy atom. The molecule has 0 bridgehead atoms. The Labute approximate surface area is 175 Å². The van der Waals surface area contributed by atoms with E-state index in [1.54, 1.807) is 31.5 Å². The molecular formula is C21H18F3N5O2. The minimum Gasteiger partial charge on any atom is -0.350 e. The maximum atomic E-state index is 13.3. The van der Waals surface area contributed by atoms with Crippen LogP contribution in [0, 0.1) is 30.3 Å². The predicted molar refractivity (Wildman–Crippen MR) is 106 cm³/mol. The van der Waals surface area contributed by atoms with Gasteiger partial charge in [0.25, 0.3) is 5.91 Å². The number of halogens is 3. The smallest absolute Gasteiger partial charge is 0.270 e. The maximum Gasteiger partial charge on any atom is 0.270 e. The first-order chi connectivity index (χ1) is 14.8. The van der Waals surface area contributed by atoms with E-state index in [1.807, 2.05) is 0 Å². The molecule has 4 rings (SSSR count). The van der Waals surface area contributed by atoms with E-state index in [0.29, 0.717) is 42.3 Å². The number of nitrogens with zero attached hydrogens (tertiary/aromatic N) is 3. The molecular weight excluding hydrogens is 411 g/mol. The molecule has 1 fully saturated rings. The molecule has 10 heteroatoms. The van der Waals surface area contributed by atoms with Gasteiger partial charge >= 0.3 is 0 Å². The van der Waals surface area contributed by atoms with Gasteiger partial charge in [0.1, 0.15) is 11.5 Å². The number of aryl methyl sites for hydroxylation is 1. The van der Waals surface area contributed by atoms with Gasteiger partial charge < -0.3 is 15.2 Å². The van der Waals surface area contributed by atoms with Crippen molar-refractivity contribution in [2.24, 2.45) is 5.92 Å². The molecule has 0 saturated carbocycles. The van der Waals surface area contributed by atoms with Gasteiger partial charge in [-0.25, -0.2) is 23.1 Å². The van der Waals surface area contributed by atoms with Crippen LogP contribution >= 0.6 is 0 Å². The van der Waals surface area contributed by atoms with Gasteiger partial charge in [0.15, 0.2) is 17.5 Å². The molecule has 1 aliphatic heterocycles. The number of hydrogen-bond acceptors (Lipinski definition) is 4. The summed E-state index contributed by atoms with van der Waals surface area (Å²) < 4.78 is 39.7. The fraction of sp³-hybridized carbons (Fsp3) is 0.238. The van der Waals surface area contributed by atoms with Crippen LogP contribution in [-0.4, -0.2) is 44.8 Å². The third kappa shape index (κ3) is 4.27. The molecule has 2 amide bonds. The second-order valence-corrected chi connectivity index (χ2v) is 7.28. The monoisotopic (exact) mass is 429 g/mol. The normalized spacial score (nSPS) is 15.9. The number of rotatable bonds is 4. The lowest BCUT2D eigenvalue weighted by atomic mass is 10.1. The Bertz CT molecular complexity index is 1120. The summed E-state index contributed by atoms with van der Waals surface area (Å²) in [6.45, 7) is 2.28. The third-order valence-corrected chi connectivity index (χ3v) is 5.11. The van der Waals surface area contributed by atoms with Crippen molar-refractivity contribution in [2.75, 3.05) is 18.4 Å². The van der Waals surface area contributed by atoms with Gasteiger partial charge in [0.2, 0.25) is 5.91 Å². The molecule has 0 radical (unpaired) electrons. The highest BCUT2D eigenvalue weighted by Crippen LogP contribution is 2.24. The molecule has 1 atom stereocenters. The van der Waals surface area contributed by atoms with Crippen molar-refractivity contribution in [3.05, 3.63) is 65.6 Å². The Morgan fingerprint density at radius 2 is 1.81 bits per heavy atom. The fourth-order valence-electron chi connectivity index (χ4n) is 3.42. The lowest BCUT2D eigenvalue weighted by Gasteiger charge is -2.16. The van der Waals surface area contributed by atoms with Gasteiger partial charge in [-0.05, 0) is 25.5 Å². The molecule has 1 aromatic carbocycles. The van der Waals surface area contributed by atoms with E-state index in [0.717, 1.165) is 5.56 Å². The van der Waals surface area contributed by atoms with Gasteiger partial charge in [-0.15, -0.1) is 0 Å². The van der Waals surface area contributed by atoms with Crippen LogP contribution in [0.4, 0.5) is 18.9 Å². The fourth-order valence-corrected chi connectivity index (χ4v) is 3.42. The number of aromatic nitrogens is 3. The third-order valence-electron chi connectivity index (χ3n) is 5.11. The maximum absolute atomic E-state index is 13.3. The second-order valence-electron chi connectivity index (χ2n) is 7.28. The van der Waals surface area contributed by atoms with E-state index in [9.17, 15) is 22.8 Å². The van der Waals surface area contributed by atoms with E-state index in [4.69, 9.17) is 0 Å². The highest BCUT2D eigenvalue weighted by molar-refractivity contribution is 5.96. The molecule has 7 nitrogen and oxygen atoms in total. The average molecular weight is 429 g/mol. The van der Waals surface area contributed by atoms with Gasteiger partial charge in [-0.1, -0.05) is 0 Å². The second kappa shape index (κ2) is 8.21. The summed E-state index contributed by atoms with van der Waals surface area (Å²) in [5.74, 6) is -5.06. The number of carbonyl (C=O) groups is 2. The SMILES string of the molecule is Cc1ncc(-c2ccc(C(=O)N3CC[C@H](C(=O)Nc4cc(F)c(F)c(F)c4)C3)[nH]2)cn1. The summed E-state index contributed by atoms with van der Waals surface area (Å²) in [7, 11) is 0. The van der Waals surface area contributed by atoms with Crippen LogP contribution in [0.3, 0.4) is 0 Å². The minimum absolute atomic E-state index is 0.152. The van der Waals surface area contributed by atoms with Crippen molar-refractivity contribution in [2.45, 2.75) is 13.3 Å². The predicted octanol–water partition coefficient (Wildman–Crippen LogP) is 3.30. The molecule has 1 saturated heterocycles. The number of amides is 2. The zero-order valence-electron chi connectivity index (χ0n) is 16.5. The largest absolute Gasteiger partial charge is 0.350 e. The lowest BCUT2D eigenvalue weighted by molar-refractivity contribution is -0.119. The van der Waals surface area contributed by atoms with Crippen LogP contribution in [0.15, 0.2) is 36.7 Å². The van der Waals surface area contributed by atoms with E-state index in [2.05, 4.69) is 20.3 Å². The molecule has 0 aliphatic carbocycles. The molecule has 2 N–H and O–H groups in total. The first-order valence-corrected chi connectivity index (χ1v) is 9.54. The Hall–Kier alpha value is -3.69. The number of likely N-dealkylation sites (tertiary alicyclic amines) is 1. The van der Waals surface area contributed by atoms with E-state index in [-0.39, 0.29) is 18.1 Å². The molecule has 160 valence electrons. The van der Waals surface area contributed by atoms with Crippen LogP contribution in [0.25, 0.3) is 11.3 Å². The van der Waals surface area contributed by atoms with Crippen LogP contribution in [0.5, 0.6) is 0 Å². The molecule has 1 aliphatic rings. The standard InChI is InChI=1S/C21H18F3N5O2/c1-11-25-8-13(9-26-11)17-2-3-18(28-17)21(31)29-5-4-12(10-29)20(30)27-14-6-15(22)19(24)16(23)7-14/h2-3,6-9,12,28H,4-5,10H2,1H3,(H,27,30)/t12-/m0/s1. The molecule has 31 heavy (non-hydrogen) atoms. The Balaban J connectivity index is 1.40.